The Balaban J connectivity index is 1.77. The third kappa shape index (κ3) is 3.86. The van der Waals surface area contributed by atoms with Crippen LogP contribution in [0.4, 0.5) is 0 Å². The van der Waals surface area contributed by atoms with E-state index in [-0.39, 0.29) is 6.42 Å². The molecule has 0 bridgehead atoms. The van der Waals surface area contributed by atoms with E-state index in [0.717, 1.165) is 41.3 Å². The minimum Gasteiger partial charge on any atom is -0.497 e. The predicted molar refractivity (Wildman–Crippen MR) is 90.4 cm³/mol. The van der Waals surface area contributed by atoms with Crippen molar-refractivity contribution >= 4 is 5.97 Å². The molecule has 0 spiro atoms. The lowest BCUT2D eigenvalue weighted by Gasteiger charge is -2.21. The summed E-state index contributed by atoms with van der Waals surface area (Å²) in [5.74, 6) is 0.837. The van der Waals surface area contributed by atoms with Gasteiger partial charge in [0.05, 0.1) is 13.5 Å². The van der Waals surface area contributed by atoms with Crippen LogP contribution in [0.1, 0.15) is 16.7 Å². The number of carbonyl (C=O) groups is 1. The van der Waals surface area contributed by atoms with Gasteiger partial charge < -0.3 is 14.6 Å². The lowest BCUT2D eigenvalue weighted by Crippen LogP contribution is -2.26. The Bertz CT molecular complexity index is 729. The smallest absolute Gasteiger partial charge is 0.307 e. The zero-order chi connectivity index (χ0) is 16.9. The summed E-state index contributed by atoms with van der Waals surface area (Å²) in [5.41, 5.74) is 3.03. The van der Waals surface area contributed by atoms with Crippen molar-refractivity contribution in [2.45, 2.75) is 19.5 Å². The highest BCUT2D eigenvalue weighted by Gasteiger charge is 2.17. The number of hydrogen-bond donors (Lipinski definition) is 1. The van der Waals surface area contributed by atoms with E-state index in [0.29, 0.717) is 13.2 Å². The van der Waals surface area contributed by atoms with Crippen molar-refractivity contribution in [1.29, 1.82) is 0 Å². The van der Waals surface area contributed by atoms with Gasteiger partial charge in [0.2, 0.25) is 0 Å². The first kappa shape index (κ1) is 16.3. The predicted octanol–water partition coefficient (Wildman–Crippen LogP) is 2.72. The van der Waals surface area contributed by atoms with Gasteiger partial charge in [-0.2, -0.15) is 0 Å². The molecule has 0 saturated carbocycles. The van der Waals surface area contributed by atoms with Gasteiger partial charge >= 0.3 is 5.97 Å². The maximum Gasteiger partial charge on any atom is 0.307 e. The summed E-state index contributed by atoms with van der Waals surface area (Å²) in [6.07, 6.45) is 0.0499. The van der Waals surface area contributed by atoms with Gasteiger partial charge in [-0.25, -0.2) is 0 Å². The maximum atomic E-state index is 11.0. The van der Waals surface area contributed by atoms with E-state index < -0.39 is 5.97 Å². The summed E-state index contributed by atoms with van der Waals surface area (Å²) >= 11 is 0. The van der Waals surface area contributed by atoms with Crippen molar-refractivity contribution in [3.05, 3.63) is 59.2 Å². The van der Waals surface area contributed by atoms with Gasteiger partial charge in [0.1, 0.15) is 18.1 Å². The number of benzene rings is 2. The van der Waals surface area contributed by atoms with Crippen molar-refractivity contribution in [3.63, 3.8) is 0 Å². The molecule has 2 aromatic carbocycles. The molecule has 2 aromatic rings. The minimum absolute atomic E-state index is 0.0499. The molecule has 0 atom stereocenters. The second kappa shape index (κ2) is 7.36. The van der Waals surface area contributed by atoms with E-state index in [2.05, 4.69) is 4.90 Å². The Kier molecular flexibility index (Phi) is 5.01. The third-order valence-electron chi connectivity index (χ3n) is 4.19. The van der Waals surface area contributed by atoms with Gasteiger partial charge in [-0.1, -0.05) is 30.3 Å². The molecule has 0 aliphatic carbocycles. The number of nitrogens with zero attached hydrogens (tertiary/aromatic N) is 1. The molecule has 0 unspecified atom stereocenters. The second-order valence-electron chi connectivity index (χ2n) is 5.87. The van der Waals surface area contributed by atoms with Crippen molar-refractivity contribution in [2.75, 3.05) is 20.3 Å². The number of aliphatic carboxylic acids is 1. The molecule has 1 aliphatic rings. The molecule has 1 aliphatic heterocycles. The molecule has 1 heterocycles. The van der Waals surface area contributed by atoms with Crippen LogP contribution in [0.2, 0.25) is 0 Å². The van der Waals surface area contributed by atoms with E-state index >= 15 is 0 Å². The van der Waals surface area contributed by atoms with E-state index in [1.54, 1.807) is 7.11 Å². The standard InChI is InChI=1S/C19H21NO4/c1-23-17-7-6-16-13-20(8-9-24-18(16)11-17)12-15-5-3-2-4-14(15)10-19(21)22/h2-7,11H,8-10,12-13H2,1H3,(H,21,22). The Morgan fingerprint density at radius 2 is 2.04 bits per heavy atom. The van der Waals surface area contributed by atoms with E-state index in [4.69, 9.17) is 14.6 Å². The summed E-state index contributed by atoms with van der Waals surface area (Å²) in [7, 11) is 1.64. The fraction of sp³-hybridized carbons (Fsp3) is 0.316. The number of methoxy groups -OCH3 is 1. The van der Waals surface area contributed by atoms with Crippen molar-refractivity contribution in [3.8, 4) is 11.5 Å². The average Bonchev–Trinajstić information content (AvgIpc) is 2.77. The zero-order valence-corrected chi connectivity index (χ0v) is 13.7. The molecule has 5 nitrogen and oxygen atoms in total. The first-order valence-electron chi connectivity index (χ1n) is 7.96. The molecule has 5 heteroatoms. The van der Waals surface area contributed by atoms with Crippen LogP contribution in [0.25, 0.3) is 0 Å². The molecule has 126 valence electrons. The summed E-state index contributed by atoms with van der Waals surface area (Å²) < 4.78 is 11.1. The van der Waals surface area contributed by atoms with Crippen LogP contribution in [0.3, 0.4) is 0 Å². The van der Waals surface area contributed by atoms with Crippen LogP contribution >= 0.6 is 0 Å². The molecular formula is C19H21NO4. The van der Waals surface area contributed by atoms with E-state index in [1.165, 1.54) is 0 Å². The summed E-state index contributed by atoms with van der Waals surface area (Å²) in [6.45, 7) is 2.86. The molecule has 0 amide bonds. The van der Waals surface area contributed by atoms with Crippen LogP contribution in [0, 0.1) is 0 Å². The minimum atomic E-state index is -0.806. The molecule has 0 radical (unpaired) electrons. The Hall–Kier alpha value is -2.53. The SMILES string of the molecule is COc1ccc2c(c1)OCCN(Cc1ccccc1CC(=O)O)C2. The van der Waals surface area contributed by atoms with Gasteiger partial charge in [0, 0.05) is 31.3 Å². The third-order valence-corrected chi connectivity index (χ3v) is 4.19. The average molecular weight is 327 g/mol. The number of hydrogen-bond acceptors (Lipinski definition) is 4. The maximum absolute atomic E-state index is 11.0. The number of fused-ring (bicyclic) bond motifs is 1. The Labute approximate surface area is 141 Å². The highest BCUT2D eigenvalue weighted by molar-refractivity contribution is 5.70. The van der Waals surface area contributed by atoms with Crippen LogP contribution in [0.5, 0.6) is 11.5 Å². The first-order chi connectivity index (χ1) is 11.7. The monoisotopic (exact) mass is 327 g/mol. The van der Waals surface area contributed by atoms with E-state index in [9.17, 15) is 4.79 Å². The lowest BCUT2D eigenvalue weighted by atomic mass is 10.0. The summed E-state index contributed by atoms with van der Waals surface area (Å²) in [6, 6.07) is 13.6. The van der Waals surface area contributed by atoms with Crippen molar-refractivity contribution in [1.82, 2.24) is 4.90 Å². The fourth-order valence-corrected chi connectivity index (χ4v) is 2.95. The number of carboxylic acids is 1. The molecule has 0 saturated heterocycles. The van der Waals surface area contributed by atoms with Crippen LogP contribution in [0.15, 0.2) is 42.5 Å². The van der Waals surface area contributed by atoms with Gasteiger partial charge in [-0.15, -0.1) is 0 Å². The van der Waals surface area contributed by atoms with Crippen molar-refractivity contribution in [2.24, 2.45) is 0 Å². The van der Waals surface area contributed by atoms with Gasteiger partial charge in [0.25, 0.3) is 0 Å². The number of ether oxygens (including phenoxy) is 2. The van der Waals surface area contributed by atoms with Crippen molar-refractivity contribution < 1.29 is 19.4 Å². The van der Waals surface area contributed by atoms with Gasteiger partial charge in [-0.05, 0) is 17.2 Å². The first-order valence-corrected chi connectivity index (χ1v) is 7.96. The van der Waals surface area contributed by atoms with Crippen LogP contribution in [-0.2, 0) is 24.3 Å². The highest BCUT2D eigenvalue weighted by atomic mass is 16.5. The largest absolute Gasteiger partial charge is 0.497 e. The zero-order valence-electron chi connectivity index (χ0n) is 13.7. The molecule has 1 N–H and O–H groups in total. The quantitative estimate of drug-likeness (QED) is 0.915. The van der Waals surface area contributed by atoms with Crippen LogP contribution in [-0.4, -0.2) is 36.2 Å². The Morgan fingerprint density at radius 3 is 2.79 bits per heavy atom. The molecule has 0 aromatic heterocycles. The van der Waals surface area contributed by atoms with Gasteiger partial charge in [-0.3, -0.25) is 9.69 Å². The summed E-state index contributed by atoms with van der Waals surface area (Å²) in [5, 5.41) is 9.08. The topological polar surface area (TPSA) is 59.0 Å². The molecular weight excluding hydrogens is 306 g/mol. The van der Waals surface area contributed by atoms with E-state index in [1.807, 2.05) is 42.5 Å². The van der Waals surface area contributed by atoms with Crippen LogP contribution < -0.4 is 9.47 Å². The fourth-order valence-electron chi connectivity index (χ4n) is 2.95. The molecule has 0 fully saturated rings. The van der Waals surface area contributed by atoms with Gasteiger partial charge in [0.15, 0.2) is 0 Å². The highest BCUT2D eigenvalue weighted by Crippen LogP contribution is 2.28. The number of carboxylic acid groups (broad SMARTS) is 1. The lowest BCUT2D eigenvalue weighted by molar-refractivity contribution is -0.136. The molecule has 3 rings (SSSR count). The number of rotatable bonds is 5. The second-order valence-corrected chi connectivity index (χ2v) is 5.87. The molecule has 24 heavy (non-hydrogen) atoms. The summed E-state index contributed by atoms with van der Waals surface area (Å²) in [4.78, 5) is 13.3. The normalized spacial score (nSPS) is 14.4. The Morgan fingerprint density at radius 1 is 1.25 bits per heavy atom.